The van der Waals surface area contributed by atoms with Gasteiger partial charge in [-0.3, -0.25) is 0 Å². The van der Waals surface area contributed by atoms with Crippen molar-refractivity contribution >= 4 is 25.8 Å². The number of sulfone groups is 1. The number of hydrogen-bond donors (Lipinski definition) is 0. The highest BCUT2D eigenvalue weighted by Gasteiger charge is 2.33. The summed E-state index contributed by atoms with van der Waals surface area (Å²) < 4.78 is 28.5. The van der Waals surface area contributed by atoms with E-state index in [0.29, 0.717) is 11.5 Å². The average molecular weight is 331 g/mol. The molecule has 0 aromatic heterocycles. The van der Waals surface area contributed by atoms with E-state index in [1.165, 1.54) is 11.1 Å². The van der Waals surface area contributed by atoms with Crippen LogP contribution < -0.4 is 4.74 Å². The van der Waals surface area contributed by atoms with Crippen molar-refractivity contribution in [2.45, 2.75) is 17.7 Å². The summed E-state index contributed by atoms with van der Waals surface area (Å²) in [6.07, 6.45) is 1.71. The molecule has 2 aliphatic heterocycles. The van der Waals surface area contributed by atoms with Crippen LogP contribution in [0, 0.1) is 5.92 Å². The smallest absolute Gasteiger partial charge is 0.150 e. The molecule has 0 N–H and O–H groups in total. The Labute approximate surface area is 116 Å². The average Bonchev–Trinajstić information content (AvgIpc) is 2.93. The Morgan fingerprint density at radius 3 is 2.94 bits per heavy atom. The van der Waals surface area contributed by atoms with Gasteiger partial charge in [-0.2, -0.15) is 0 Å². The van der Waals surface area contributed by atoms with Crippen molar-refractivity contribution in [3.05, 3.63) is 29.3 Å². The largest absolute Gasteiger partial charge is 0.493 e. The van der Waals surface area contributed by atoms with Gasteiger partial charge in [0, 0.05) is 11.2 Å². The van der Waals surface area contributed by atoms with Crippen LogP contribution in [0.15, 0.2) is 18.2 Å². The molecule has 2 aliphatic rings. The zero-order chi connectivity index (χ0) is 12.8. The van der Waals surface area contributed by atoms with E-state index in [-0.39, 0.29) is 10.7 Å². The zero-order valence-corrected chi connectivity index (χ0v) is 12.3. The monoisotopic (exact) mass is 330 g/mol. The number of hydrogen-bond acceptors (Lipinski definition) is 3. The van der Waals surface area contributed by atoms with E-state index in [0.717, 1.165) is 25.2 Å². The van der Waals surface area contributed by atoms with Gasteiger partial charge in [0.2, 0.25) is 0 Å². The molecule has 0 radical (unpaired) electrons. The molecule has 2 heterocycles. The first-order valence-electron chi connectivity index (χ1n) is 6.15. The molecule has 1 aromatic rings. The molecule has 1 fully saturated rings. The second-order valence-electron chi connectivity index (χ2n) is 5.03. The first kappa shape index (κ1) is 12.5. The lowest BCUT2D eigenvalue weighted by molar-refractivity contribution is 0.357. The van der Waals surface area contributed by atoms with Crippen LogP contribution in [-0.4, -0.2) is 26.5 Å². The van der Waals surface area contributed by atoms with E-state index < -0.39 is 9.84 Å². The van der Waals surface area contributed by atoms with Crippen molar-refractivity contribution in [2.75, 3.05) is 18.1 Å². The van der Waals surface area contributed by atoms with Crippen LogP contribution in [0.5, 0.6) is 5.75 Å². The topological polar surface area (TPSA) is 43.4 Å². The van der Waals surface area contributed by atoms with Gasteiger partial charge in [-0.05, 0) is 29.5 Å². The molecule has 0 spiro atoms. The van der Waals surface area contributed by atoms with Gasteiger partial charge >= 0.3 is 0 Å². The predicted octanol–water partition coefficient (Wildman–Crippen LogP) is 2.49. The van der Waals surface area contributed by atoms with Gasteiger partial charge in [0.15, 0.2) is 9.84 Å². The summed E-state index contributed by atoms with van der Waals surface area (Å²) in [5.41, 5.74) is 2.40. The molecule has 1 saturated heterocycles. The Morgan fingerprint density at radius 2 is 2.22 bits per heavy atom. The van der Waals surface area contributed by atoms with Crippen molar-refractivity contribution < 1.29 is 13.2 Å². The van der Waals surface area contributed by atoms with E-state index >= 15 is 0 Å². The van der Waals surface area contributed by atoms with Gasteiger partial charge in [-0.1, -0.05) is 28.1 Å². The molecule has 0 aliphatic carbocycles. The van der Waals surface area contributed by atoms with Crippen LogP contribution in [-0.2, 0) is 16.3 Å². The first-order chi connectivity index (χ1) is 8.55. The molecule has 0 amide bonds. The second-order valence-corrected chi connectivity index (χ2v) is 8.25. The first-order valence-corrected chi connectivity index (χ1v) is 8.89. The number of fused-ring (bicyclic) bond motifs is 1. The SMILES string of the molecule is O=S1(=O)CCC(C(Br)c2ccc3c(c2)CCO3)C1. The Balaban J connectivity index is 1.83. The summed E-state index contributed by atoms with van der Waals surface area (Å²) >= 11 is 3.67. The molecule has 5 heteroatoms. The van der Waals surface area contributed by atoms with Gasteiger partial charge in [-0.15, -0.1) is 0 Å². The minimum atomic E-state index is -2.81. The normalized spacial score (nSPS) is 26.6. The Morgan fingerprint density at radius 1 is 1.39 bits per heavy atom. The van der Waals surface area contributed by atoms with Crippen LogP contribution in [0.1, 0.15) is 22.4 Å². The fraction of sp³-hybridized carbons (Fsp3) is 0.538. The van der Waals surface area contributed by atoms with Gasteiger partial charge in [0.05, 0.1) is 18.1 Å². The number of halogens is 1. The maximum Gasteiger partial charge on any atom is 0.150 e. The van der Waals surface area contributed by atoms with Crippen LogP contribution in [0.2, 0.25) is 0 Å². The van der Waals surface area contributed by atoms with E-state index in [9.17, 15) is 8.42 Å². The zero-order valence-electron chi connectivity index (χ0n) is 9.93. The van der Waals surface area contributed by atoms with Crippen molar-refractivity contribution in [3.8, 4) is 5.75 Å². The van der Waals surface area contributed by atoms with Gasteiger partial charge in [0.25, 0.3) is 0 Å². The third-order valence-electron chi connectivity index (χ3n) is 3.71. The molecule has 1 aromatic carbocycles. The third kappa shape index (κ3) is 2.30. The maximum atomic E-state index is 11.5. The summed E-state index contributed by atoms with van der Waals surface area (Å²) in [5.74, 6) is 1.79. The molecule has 18 heavy (non-hydrogen) atoms. The Hall–Kier alpha value is -0.550. The summed E-state index contributed by atoms with van der Waals surface area (Å²) in [6.45, 7) is 0.754. The molecule has 3 nitrogen and oxygen atoms in total. The Kier molecular flexibility index (Phi) is 3.14. The van der Waals surface area contributed by atoms with Crippen LogP contribution >= 0.6 is 15.9 Å². The van der Waals surface area contributed by atoms with Crippen molar-refractivity contribution in [3.63, 3.8) is 0 Å². The van der Waals surface area contributed by atoms with Crippen LogP contribution in [0.3, 0.4) is 0 Å². The van der Waals surface area contributed by atoms with Crippen molar-refractivity contribution in [1.82, 2.24) is 0 Å². The lowest BCUT2D eigenvalue weighted by Crippen LogP contribution is -2.10. The molecule has 0 bridgehead atoms. The summed E-state index contributed by atoms with van der Waals surface area (Å²) in [4.78, 5) is 0.126. The maximum absolute atomic E-state index is 11.5. The highest BCUT2D eigenvalue weighted by molar-refractivity contribution is 9.09. The fourth-order valence-electron chi connectivity index (χ4n) is 2.70. The highest BCUT2D eigenvalue weighted by atomic mass is 79.9. The van der Waals surface area contributed by atoms with Gasteiger partial charge in [-0.25, -0.2) is 8.42 Å². The molecule has 2 unspecified atom stereocenters. The minimum Gasteiger partial charge on any atom is -0.493 e. The minimum absolute atomic E-state index is 0.126. The Bertz CT molecular complexity index is 568. The van der Waals surface area contributed by atoms with Crippen molar-refractivity contribution in [2.24, 2.45) is 5.92 Å². The number of ether oxygens (including phenoxy) is 1. The lowest BCUT2D eigenvalue weighted by atomic mass is 9.97. The predicted molar refractivity (Wildman–Crippen MR) is 74.1 cm³/mol. The molecule has 2 atom stereocenters. The summed E-state index contributed by atoms with van der Waals surface area (Å²) in [5, 5.41) is 0. The van der Waals surface area contributed by atoms with E-state index in [4.69, 9.17) is 4.74 Å². The van der Waals surface area contributed by atoms with Gasteiger partial charge in [0.1, 0.15) is 5.75 Å². The van der Waals surface area contributed by atoms with Crippen LogP contribution in [0.4, 0.5) is 0 Å². The molecule has 0 saturated carbocycles. The molecule has 98 valence electrons. The molecular weight excluding hydrogens is 316 g/mol. The highest BCUT2D eigenvalue weighted by Crippen LogP contribution is 2.39. The molecule has 3 rings (SSSR count). The van der Waals surface area contributed by atoms with Crippen molar-refractivity contribution in [1.29, 1.82) is 0 Å². The third-order valence-corrected chi connectivity index (χ3v) is 6.78. The number of rotatable bonds is 2. The fourth-order valence-corrected chi connectivity index (χ4v) is 5.53. The molecular formula is C13H15BrO3S. The summed E-state index contributed by atoms with van der Waals surface area (Å²) in [6, 6.07) is 6.18. The summed E-state index contributed by atoms with van der Waals surface area (Å²) in [7, 11) is -2.81. The van der Waals surface area contributed by atoms with E-state index in [1.54, 1.807) is 0 Å². The number of alkyl halides is 1. The second kappa shape index (κ2) is 4.53. The van der Waals surface area contributed by atoms with E-state index in [2.05, 4.69) is 22.0 Å². The standard InChI is InChI=1S/C13H15BrO3S/c14-13(11-4-6-18(15,16)8-11)10-1-2-12-9(7-10)3-5-17-12/h1-2,7,11,13H,3-6,8H2. The number of benzene rings is 1. The quantitative estimate of drug-likeness (QED) is 0.782. The van der Waals surface area contributed by atoms with E-state index in [1.807, 2.05) is 12.1 Å². The van der Waals surface area contributed by atoms with Gasteiger partial charge < -0.3 is 4.74 Å². The lowest BCUT2D eigenvalue weighted by Gasteiger charge is -2.17. The van der Waals surface area contributed by atoms with Crippen LogP contribution in [0.25, 0.3) is 0 Å².